The van der Waals surface area contributed by atoms with E-state index in [0.29, 0.717) is 12.1 Å². The minimum absolute atomic E-state index is 0.0348. The van der Waals surface area contributed by atoms with Gasteiger partial charge in [0.05, 0.1) is 30.7 Å². The van der Waals surface area contributed by atoms with Gasteiger partial charge in [0.15, 0.2) is 0 Å². The fourth-order valence-corrected chi connectivity index (χ4v) is 3.31. The molecule has 1 aromatic heterocycles. The monoisotopic (exact) mass is 332 g/mol. The SMILES string of the molecule is O=C(NCCN1CCOCC1)c1cncc(N2CCCCCC2)c1. The topological polar surface area (TPSA) is 57.7 Å². The first-order valence-electron chi connectivity index (χ1n) is 9.11. The van der Waals surface area contributed by atoms with Gasteiger partial charge in [-0.25, -0.2) is 0 Å². The second-order valence-corrected chi connectivity index (χ2v) is 6.54. The summed E-state index contributed by atoms with van der Waals surface area (Å²) in [4.78, 5) is 21.3. The van der Waals surface area contributed by atoms with Crippen LogP contribution in [0.25, 0.3) is 0 Å². The van der Waals surface area contributed by atoms with E-state index in [-0.39, 0.29) is 5.91 Å². The maximum absolute atomic E-state index is 12.4. The molecule has 0 bridgehead atoms. The summed E-state index contributed by atoms with van der Waals surface area (Å²) < 4.78 is 5.33. The average molecular weight is 332 g/mol. The Balaban J connectivity index is 1.51. The van der Waals surface area contributed by atoms with Crippen molar-refractivity contribution in [2.45, 2.75) is 25.7 Å². The Morgan fingerprint density at radius 3 is 2.58 bits per heavy atom. The average Bonchev–Trinajstić information content (AvgIpc) is 2.92. The standard InChI is InChI=1S/C18H28N4O2/c23-18(20-5-8-21-9-11-24-12-10-21)16-13-17(15-19-14-16)22-6-3-1-2-4-7-22/h13-15H,1-12H2,(H,20,23). The lowest BCUT2D eigenvalue weighted by molar-refractivity contribution is 0.0383. The number of aromatic nitrogens is 1. The first-order valence-corrected chi connectivity index (χ1v) is 9.11. The lowest BCUT2D eigenvalue weighted by Crippen LogP contribution is -2.41. The van der Waals surface area contributed by atoms with Crippen LogP contribution in [0.15, 0.2) is 18.5 Å². The summed E-state index contributed by atoms with van der Waals surface area (Å²) in [5.41, 5.74) is 1.72. The zero-order valence-electron chi connectivity index (χ0n) is 14.4. The molecule has 6 nitrogen and oxygen atoms in total. The summed E-state index contributed by atoms with van der Waals surface area (Å²) >= 11 is 0. The Bertz CT molecular complexity index is 524. The van der Waals surface area contributed by atoms with E-state index in [0.717, 1.165) is 51.6 Å². The van der Waals surface area contributed by atoms with Gasteiger partial charge in [-0.1, -0.05) is 12.8 Å². The van der Waals surface area contributed by atoms with Crippen LogP contribution in [0.5, 0.6) is 0 Å². The van der Waals surface area contributed by atoms with Crippen LogP contribution in [-0.2, 0) is 4.74 Å². The van der Waals surface area contributed by atoms with Gasteiger partial charge in [-0.05, 0) is 18.9 Å². The van der Waals surface area contributed by atoms with Crippen molar-refractivity contribution in [1.29, 1.82) is 0 Å². The van der Waals surface area contributed by atoms with Crippen LogP contribution < -0.4 is 10.2 Å². The molecule has 0 atom stereocenters. The number of nitrogens with zero attached hydrogens (tertiary/aromatic N) is 3. The van der Waals surface area contributed by atoms with Gasteiger partial charge in [0.25, 0.3) is 5.91 Å². The highest BCUT2D eigenvalue weighted by atomic mass is 16.5. The van der Waals surface area contributed by atoms with Crippen molar-refractivity contribution < 1.29 is 9.53 Å². The van der Waals surface area contributed by atoms with E-state index in [1.807, 2.05) is 12.3 Å². The van der Waals surface area contributed by atoms with Crippen LogP contribution >= 0.6 is 0 Å². The van der Waals surface area contributed by atoms with Crippen LogP contribution in [-0.4, -0.2) is 68.3 Å². The second kappa shape index (κ2) is 8.99. The first kappa shape index (κ1) is 17.2. The molecule has 2 fully saturated rings. The van der Waals surface area contributed by atoms with Gasteiger partial charge >= 0.3 is 0 Å². The molecule has 6 heteroatoms. The number of hydrogen-bond donors (Lipinski definition) is 1. The molecule has 0 aromatic carbocycles. The third-order valence-corrected chi connectivity index (χ3v) is 4.77. The van der Waals surface area contributed by atoms with Crippen LogP contribution in [0.4, 0.5) is 5.69 Å². The number of carbonyl (C=O) groups is 1. The molecular formula is C18H28N4O2. The summed E-state index contributed by atoms with van der Waals surface area (Å²) in [7, 11) is 0. The van der Waals surface area contributed by atoms with Crippen molar-refractivity contribution in [3.05, 3.63) is 24.0 Å². The van der Waals surface area contributed by atoms with E-state index in [4.69, 9.17) is 4.74 Å². The molecule has 0 aliphatic carbocycles. The third-order valence-electron chi connectivity index (χ3n) is 4.77. The lowest BCUT2D eigenvalue weighted by Gasteiger charge is -2.26. The molecule has 2 saturated heterocycles. The molecule has 1 amide bonds. The molecule has 2 aliphatic heterocycles. The van der Waals surface area contributed by atoms with Crippen molar-refractivity contribution in [1.82, 2.24) is 15.2 Å². The zero-order valence-corrected chi connectivity index (χ0v) is 14.4. The Labute approximate surface area is 144 Å². The smallest absolute Gasteiger partial charge is 0.252 e. The molecule has 24 heavy (non-hydrogen) atoms. The number of ether oxygens (including phenoxy) is 1. The minimum atomic E-state index is -0.0348. The number of hydrogen-bond acceptors (Lipinski definition) is 5. The molecule has 0 unspecified atom stereocenters. The van der Waals surface area contributed by atoms with Gasteiger partial charge in [-0.3, -0.25) is 14.7 Å². The fourth-order valence-electron chi connectivity index (χ4n) is 3.31. The predicted molar refractivity (Wildman–Crippen MR) is 94.5 cm³/mol. The van der Waals surface area contributed by atoms with Crippen LogP contribution in [0, 0.1) is 0 Å². The summed E-state index contributed by atoms with van der Waals surface area (Å²) in [6.07, 6.45) is 8.56. The van der Waals surface area contributed by atoms with Crippen LogP contribution in [0.1, 0.15) is 36.0 Å². The van der Waals surface area contributed by atoms with Gasteiger partial charge < -0.3 is 15.0 Å². The Morgan fingerprint density at radius 1 is 1.08 bits per heavy atom. The Kier molecular flexibility index (Phi) is 6.43. The minimum Gasteiger partial charge on any atom is -0.379 e. The van der Waals surface area contributed by atoms with Crippen LogP contribution in [0.2, 0.25) is 0 Å². The normalized spacial score (nSPS) is 19.8. The van der Waals surface area contributed by atoms with Gasteiger partial charge in [0.1, 0.15) is 0 Å². The largest absolute Gasteiger partial charge is 0.379 e. The summed E-state index contributed by atoms with van der Waals surface area (Å²) in [6, 6.07) is 1.97. The first-order chi connectivity index (χ1) is 11.8. The van der Waals surface area contributed by atoms with Gasteiger partial charge in [0.2, 0.25) is 0 Å². The molecule has 3 heterocycles. The van der Waals surface area contributed by atoms with E-state index >= 15 is 0 Å². The van der Waals surface area contributed by atoms with E-state index in [9.17, 15) is 4.79 Å². The maximum Gasteiger partial charge on any atom is 0.252 e. The lowest BCUT2D eigenvalue weighted by atomic mass is 10.2. The number of nitrogens with one attached hydrogen (secondary N) is 1. The number of rotatable bonds is 5. The van der Waals surface area contributed by atoms with Crippen molar-refractivity contribution in [2.24, 2.45) is 0 Å². The molecule has 0 saturated carbocycles. The third kappa shape index (κ3) is 4.92. The molecule has 0 spiro atoms. The van der Waals surface area contributed by atoms with Crippen LogP contribution in [0.3, 0.4) is 0 Å². The van der Waals surface area contributed by atoms with E-state index < -0.39 is 0 Å². The fraction of sp³-hybridized carbons (Fsp3) is 0.667. The van der Waals surface area contributed by atoms with E-state index in [1.165, 1.54) is 25.7 Å². The quantitative estimate of drug-likeness (QED) is 0.886. The van der Waals surface area contributed by atoms with E-state index in [1.54, 1.807) is 6.20 Å². The summed E-state index contributed by atoms with van der Waals surface area (Å²) in [5.74, 6) is -0.0348. The molecule has 1 aromatic rings. The predicted octanol–water partition coefficient (Wildman–Crippen LogP) is 1.52. The van der Waals surface area contributed by atoms with Crippen molar-refractivity contribution in [3.63, 3.8) is 0 Å². The second-order valence-electron chi connectivity index (χ2n) is 6.54. The number of carbonyl (C=O) groups excluding carboxylic acids is 1. The summed E-state index contributed by atoms with van der Waals surface area (Å²) in [6.45, 7) is 7.12. The molecule has 0 radical (unpaired) electrons. The Morgan fingerprint density at radius 2 is 1.83 bits per heavy atom. The highest BCUT2D eigenvalue weighted by Crippen LogP contribution is 2.19. The van der Waals surface area contributed by atoms with Gasteiger partial charge in [-0.15, -0.1) is 0 Å². The highest BCUT2D eigenvalue weighted by Gasteiger charge is 2.14. The highest BCUT2D eigenvalue weighted by molar-refractivity contribution is 5.94. The number of morpholine rings is 1. The van der Waals surface area contributed by atoms with E-state index in [2.05, 4.69) is 20.1 Å². The molecule has 1 N–H and O–H groups in total. The number of amides is 1. The number of pyridine rings is 1. The molecular weight excluding hydrogens is 304 g/mol. The van der Waals surface area contributed by atoms with Crippen molar-refractivity contribution in [3.8, 4) is 0 Å². The molecule has 3 rings (SSSR count). The summed E-state index contributed by atoms with van der Waals surface area (Å²) in [5, 5.41) is 3.01. The number of anilines is 1. The van der Waals surface area contributed by atoms with Crippen molar-refractivity contribution >= 4 is 11.6 Å². The molecule has 132 valence electrons. The Hall–Kier alpha value is -1.66. The zero-order chi connectivity index (χ0) is 16.6. The van der Waals surface area contributed by atoms with Gasteiger partial charge in [-0.2, -0.15) is 0 Å². The van der Waals surface area contributed by atoms with Crippen molar-refractivity contribution in [2.75, 3.05) is 57.4 Å². The van der Waals surface area contributed by atoms with Gasteiger partial charge in [0, 0.05) is 45.5 Å². The molecule has 2 aliphatic rings. The maximum atomic E-state index is 12.4.